The van der Waals surface area contributed by atoms with Gasteiger partial charge in [-0.15, -0.1) is 0 Å². The van der Waals surface area contributed by atoms with Crippen LogP contribution in [0.5, 0.6) is 0 Å². The standard InChI is InChI=1S/C15H11FN2O4/c1-8-12(15(20)21-2)10(7-17)14(22-8)18-13(19)9-5-3-4-6-11(9)16/h3-6H,1-2H3,(H,18,19). The van der Waals surface area contributed by atoms with E-state index >= 15 is 0 Å². The predicted molar refractivity (Wildman–Crippen MR) is 73.9 cm³/mol. The summed E-state index contributed by atoms with van der Waals surface area (Å²) in [6, 6.07) is 7.13. The summed E-state index contributed by atoms with van der Waals surface area (Å²) in [5, 5.41) is 11.4. The van der Waals surface area contributed by atoms with Gasteiger partial charge in [-0.1, -0.05) is 12.1 Å². The number of furan rings is 1. The minimum absolute atomic E-state index is 0.0752. The number of amides is 1. The summed E-state index contributed by atoms with van der Waals surface area (Å²) >= 11 is 0. The Labute approximate surface area is 125 Å². The zero-order valence-electron chi connectivity index (χ0n) is 11.8. The van der Waals surface area contributed by atoms with Crippen molar-refractivity contribution in [2.75, 3.05) is 12.4 Å². The number of nitrogens with one attached hydrogen (secondary N) is 1. The highest BCUT2D eigenvalue weighted by molar-refractivity contribution is 6.05. The normalized spacial score (nSPS) is 9.91. The number of hydrogen-bond donors (Lipinski definition) is 1. The average molecular weight is 302 g/mol. The van der Waals surface area contributed by atoms with Crippen LogP contribution in [0.2, 0.25) is 0 Å². The van der Waals surface area contributed by atoms with Crippen LogP contribution >= 0.6 is 0 Å². The van der Waals surface area contributed by atoms with Crippen molar-refractivity contribution >= 4 is 17.8 Å². The molecule has 1 aromatic carbocycles. The number of benzene rings is 1. The van der Waals surface area contributed by atoms with E-state index in [2.05, 4.69) is 10.1 Å². The van der Waals surface area contributed by atoms with E-state index in [4.69, 9.17) is 9.68 Å². The lowest BCUT2D eigenvalue weighted by Crippen LogP contribution is -2.14. The fraction of sp³-hybridized carbons (Fsp3) is 0.133. The second-order valence-electron chi connectivity index (χ2n) is 4.27. The maximum atomic E-state index is 13.6. The summed E-state index contributed by atoms with van der Waals surface area (Å²) in [7, 11) is 1.16. The molecule has 0 aliphatic heterocycles. The lowest BCUT2D eigenvalue weighted by molar-refractivity contribution is 0.0598. The van der Waals surface area contributed by atoms with Crippen LogP contribution in [0.4, 0.5) is 10.3 Å². The predicted octanol–water partition coefficient (Wildman–Crippen LogP) is 2.64. The molecule has 7 heteroatoms. The van der Waals surface area contributed by atoms with E-state index in [0.29, 0.717) is 0 Å². The van der Waals surface area contributed by atoms with Crippen LogP contribution in [0.3, 0.4) is 0 Å². The third kappa shape index (κ3) is 2.67. The first-order valence-corrected chi connectivity index (χ1v) is 6.17. The summed E-state index contributed by atoms with van der Waals surface area (Å²) in [6.07, 6.45) is 0. The van der Waals surface area contributed by atoms with E-state index in [9.17, 15) is 14.0 Å². The number of anilines is 1. The summed E-state index contributed by atoms with van der Waals surface area (Å²) in [5.74, 6) is -2.38. The van der Waals surface area contributed by atoms with E-state index in [1.54, 1.807) is 6.07 Å². The van der Waals surface area contributed by atoms with Crippen LogP contribution in [0.15, 0.2) is 28.7 Å². The Bertz CT molecular complexity index is 789. The number of nitrogens with zero attached hydrogens (tertiary/aromatic N) is 1. The summed E-state index contributed by atoms with van der Waals surface area (Å²) in [5.41, 5.74) is -0.456. The molecule has 0 saturated heterocycles. The average Bonchev–Trinajstić information content (AvgIpc) is 2.82. The largest absolute Gasteiger partial charge is 0.465 e. The van der Waals surface area contributed by atoms with E-state index in [0.717, 1.165) is 13.2 Å². The molecule has 1 aromatic heterocycles. The molecule has 0 bridgehead atoms. The number of methoxy groups -OCH3 is 1. The van der Waals surface area contributed by atoms with E-state index in [1.165, 1.54) is 25.1 Å². The van der Waals surface area contributed by atoms with Crippen LogP contribution in [-0.2, 0) is 4.74 Å². The number of nitriles is 1. The van der Waals surface area contributed by atoms with Crippen molar-refractivity contribution in [1.29, 1.82) is 5.26 Å². The number of rotatable bonds is 3. The minimum atomic E-state index is -0.792. The lowest BCUT2D eigenvalue weighted by Gasteiger charge is -2.03. The van der Waals surface area contributed by atoms with Crippen molar-refractivity contribution in [2.24, 2.45) is 0 Å². The molecule has 0 radical (unpaired) electrons. The molecule has 0 aliphatic rings. The monoisotopic (exact) mass is 302 g/mol. The molecule has 2 aromatic rings. The first kappa shape index (κ1) is 15.3. The first-order valence-electron chi connectivity index (χ1n) is 6.17. The van der Waals surface area contributed by atoms with Crippen LogP contribution in [-0.4, -0.2) is 19.0 Å². The van der Waals surface area contributed by atoms with Crippen molar-refractivity contribution in [3.05, 3.63) is 52.5 Å². The molecule has 1 heterocycles. The molecule has 0 fully saturated rings. The van der Waals surface area contributed by atoms with Gasteiger partial charge >= 0.3 is 5.97 Å². The van der Waals surface area contributed by atoms with Gasteiger partial charge in [-0.25, -0.2) is 9.18 Å². The summed E-state index contributed by atoms with van der Waals surface area (Å²) in [6.45, 7) is 1.45. The number of halogens is 1. The molecule has 1 N–H and O–H groups in total. The van der Waals surface area contributed by atoms with Crippen molar-refractivity contribution in [2.45, 2.75) is 6.92 Å². The molecule has 2 rings (SSSR count). The van der Waals surface area contributed by atoms with E-state index in [-0.39, 0.29) is 28.3 Å². The second kappa shape index (κ2) is 6.10. The molecule has 0 saturated carbocycles. The van der Waals surface area contributed by atoms with E-state index < -0.39 is 17.7 Å². The SMILES string of the molecule is COC(=O)c1c(C)oc(NC(=O)c2ccccc2F)c1C#N. The number of ether oxygens (including phenoxy) is 1. The zero-order valence-corrected chi connectivity index (χ0v) is 11.8. The Kier molecular flexibility index (Phi) is 4.23. The highest BCUT2D eigenvalue weighted by Gasteiger charge is 2.26. The van der Waals surface area contributed by atoms with Gasteiger partial charge in [0.25, 0.3) is 5.91 Å². The molecule has 0 spiro atoms. The molecule has 0 unspecified atom stereocenters. The molecule has 0 aliphatic carbocycles. The van der Waals surface area contributed by atoms with Crippen molar-refractivity contribution in [3.8, 4) is 6.07 Å². The number of hydrogen-bond acceptors (Lipinski definition) is 5. The zero-order chi connectivity index (χ0) is 16.3. The Morgan fingerprint density at radius 1 is 1.36 bits per heavy atom. The molecule has 6 nitrogen and oxygen atoms in total. The van der Waals surface area contributed by atoms with Crippen LogP contribution in [0.1, 0.15) is 32.0 Å². The van der Waals surface area contributed by atoms with Crippen LogP contribution < -0.4 is 5.32 Å². The number of aryl methyl sites for hydroxylation is 1. The molecular formula is C15H11FN2O4. The van der Waals surface area contributed by atoms with Gasteiger partial charge in [-0.3, -0.25) is 10.1 Å². The van der Waals surface area contributed by atoms with Crippen molar-refractivity contribution < 1.29 is 23.1 Å². The maximum absolute atomic E-state index is 13.6. The highest BCUT2D eigenvalue weighted by atomic mass is 19.1. The van der Waals surface area contributed by atoms with Gasteiger partial charge in [0.1, 0.15) is 28.8 Å². The Balaban J connectivity index is 2.39. The first-order chi connectivity index (χ1) is 10.5. The third-order valence-corrected chi connectivity index (χ3v) is 2.93. The topological polar surface area (TPSA) is 92.3 Å². The van der Waals surface area contributed by atoms with Gasteiger partial charge in [-0.05, 0) is 19.1 Å². The third-order valence-electron chi connectivity index (χ3n) is 2.93. The van der Waals surface area contributed by atoms with Gasteiger partial charge in [0, 0.05) is 0 Å². The van der Waals surface area contributed by atoms with Crippen LogP contribution in [0.25, 0.3) is 0 Å². The van der Waals surface area contributed by atoms with Crippen molar-refractivity contribution in [1.82, 2.24) is 0 Å². The summed E-state index contributed by atoms with van der Waals surface area (Å²) < 4.78 is 23.3. The van der Waals surface area contributed by atoms with Gasteiger partial charge < -0.3 is 9.15 Å². The quantitative estimate of drug-likeness (QED) is 0.880. The molecule has 0 atom stereocenters. The number of carbonyl (C=O) groups is 2. The summed E-state index contributed by atoms with van der Waals surface area (Å²) in [4.78, 5) is 23.7. The maximum Gasteiger partial charge on any atom is 0.342 e. The van der Waals surface area contributed by atoms with Crippen LogP contribution in [0, 0.1) is 24.1 Å². The fourth-order valence-electron chi connectivity index (χ4n) is 1.90. The van der Waals surface area contributed by atoms with Gasteiger partial charge in [0.2, 0.25) is 5.88 Å². The highest BCUT2D eigenvalue weighted by Crippen LogP contribution is 2.27. The molecular weight excluding hydrogens is 291 g/mol. The second-order valence-corrected chi connectivity index (χ2v) is 4.27. The fourth-order valence-corrected chi connectivity index (χ4v) is 1.90. The van der Waals surface area contributed by atoms with Gasteiger partial charge in [0.15, 0.2) is 0 Å². The Morgan fingerprint density at radius 3 is 2.64 bits per heavy atom. The number of carbonyl (C=O) groups excluding carboxylic acids is 2. The Hall–Kier alpha value is -3.14. The number of esters is 1. The van der Waals surface area contributed by atoms with Gasteiger partial charge in [-0.2, -0.15) is 5.26 Å². The lowest BCUT2D eigenvalue weighted by atomic mass is 10.1. The van der Waals surface area contributed by atoms with Gasteiger partial charge in [0.05, 0.1) is 12.7 Å². The molecule has 1 amide bonds. The smallest absolute Gasteiger partial charge is 0.342 e. The Morgan fingerprint density at radius 2 is 2.05 bits per heavy atom. The molecule has 22 heavy (non-hydrogen) atoms. The minimum Gasteiger partial charge on any atom is -0.465 e. The van der Waals surface area contributed by atoms with E-state index in [1.807, 2.05) is 0 Å². The van der Waals surface area contributed by atoms with Crippen molar-refractivity contribution in [3.63, 3.8) is 0 Å². The molecule has 112 valence electrons.